The predicted molar refractivity (Wildman–Crippen MR) is 93.8 cm³/mol. The Hall–Kier alpha value is -2.84. The molecule has 0 heterocycles. The summed E-state index contributed by atoms with van der Waals surface area (Å²) in [5.74, 6) is -0.731. The van der Waals surface area contributed by atoms with Gasteiger partial charge in [0, 0.05) is 30.3 Å². The van der Waals surface area contributed by atoms with Crippen LogP contribution in [-0.2, 0) is 0 Å². The molecule has 0 aromatic heterocycles. The van der Waals surface area contributed by atoms with Gasteiger partial charge in [-0.1, -0.05) is 0 Å². The van der Waals surface area contributed by atoms with Gasteiger partial charge in [0.2, 0.25) is 5.91 Å². The highest BCUT2D eigenvalue weighted by molar-refractivity contribution is 5.94. The molecule has 1 aromatic carbocycles. The molecule has 0 unspecified atom stereocenters. The number of unbranched alkanes of at least 4 members (excludes halogenated alkanes) is 1. The number of carbonyl (C=O) groups excluding carboxylic acids is 1. The lowest BCUT2D eigenvalue weighted by atomic mass is 10.1. The van der Waals surface area contributed by atoms with Gasteiger partial charge in [0.15, 0.2) is 0 Å². The highest BCUT2D eigenvalue weighted by Crippen LogP contribution is 2.25. The minimum absolute atomic E-state index is 0.0690. The van der Waals surface area contributed by atoms with E-state index in [1.807, 2.05) is 20.8 Å². The Kier molecular flexibility index (Phi) is 6.72. The van der Waals surface area contributed by atoms with E-state index < -0.39 is 22.5 Å². The molecule has 0 spiro atoms. The largest absolute Gasteiger partial charge is 0.465 e. The normalized spacial score (nSPS) is 11.0. The van der Waals surface area contributed by atoms with Gasteiger partial charge in [0.05, 0.1) is 4.92 Å². The number of rotatable bonds is 8. The third-order valence-electron chi connectivity index (χ3n) is 3.64. The summed E-state index contributed by atoms with van der Waals surface area (Å²) < 4.78 is 0. The number of carbonyl (C=O) groups is 2. The second kappa shape index (κ2) is 8.32. The van der Waals surface area contributed by atoms with Crippen LogP contribution in [0.4, 0.5) is 16.2 Å². The Morgan fingerprint density at radius 2 is 1.96 bits per heavy atom. The fourth-order valence-electron chi connectivity index (χ4n) is 2.32. The molecule has 9 nitrogen and oxygen atoms in total. The number of primary amides is 1. The first-order valence-electron chi connectivity index (χ1n) is 7.86. The Morgan fingerprint density at radius 1 is 1.32 bits per heavy atom. The molecule has 138 valence electrons. The fraction of sp³-hybridized carbons (Fsp3) is 0.500. The van der Waals surface area contributed by atoms with Gasteiger partial charge in [0.1, 0.15) is 5.69 Å². The summed E-state index contributed by atoms with van der Waals surface area (Å²) in [5, 5.41) is 23.3. The molecule has 1 aromatic rings. The number of anilines is 1. The quantitative estimate of drug-likeness (QED) is 0.373. The molecule has 1 rings (SSSR count). The van der Waals surface area contributed by atoms with Crippen molar-refractivity contribution in [3.8, 4) is 0 Å². The zero-order valence-corrected chi connectivity index (χ0v) is 14.6. The summed E-state index contributed by atoms with van der Waals surface area (Å²) in [6.07, 6.45) is 0.274. The van der Waals surface area contributed by atoms with Crippen LogP contribution in [0.25, 0.3) is 0 Å². The minimum Gasteiger partial charge on any atom is -0.465 e. The molecule has 0 aliphatic carbocycles. The zero-order chi connectivity index (χ0) is 19.2. The number of benzene rings is 1. The topological polar surface area (TPSA) is 139 Å². The van der Waals surface area contributed by atoms with E-state index >= 15 is 0 Å². The van der Waals surface area contributed by atoms with Gasteiger partial charge in [-0.25, -0.2) is 4.79 Å². The monoisotopic (exact) mass is 352 g/mol. The van der Waals surface area contributed by atoms with Crippen LogP contribution in [0.2, 0.25) is 0 Å². The van der Waals surface area contributed by atoms with Gasteiger partial charge in [-0.15, -0.1) is 0 Å². The van der Waals surface area contributed by atoms with Gasteiger partial charge in [-0.2, -0.15) is 0 Å². The minimum atomic E-state index is -0.974. The molecule has 0 aliphatic rings. The lowest BCUT2D eigenvalue weighted by Crippen LogP contribution is -2.45. The molecule has 0 atom stereocenters. The second-order valence-corrected chi connectivity index (χ2v) is 6.59. The lowest BCUT2D eigenvalue weighted by Gasteiger charge is -2.33. The van der Waals surface area contributed by atoms with E-state index in [1.165, 1.54) is 17.0 Å². The van der Waals surface area contributed by atoms with Crippen molar-refractivity contribution in [3.63, 3.8) is 0 Å². The zero-order valence-electron chi connectivity index (χ0n) is 14.6. The van der Waals surface area contributed by atoms with Crippen molar-refractivity contribution in [2.24, 2.45) is 5.73 Å². The van der Waals surface area contributed by atoms with Crippen molar-refractivity contribution < 1.29 is 19.6 Å². The first-order valence-corrected chi connectivity index (χ1v) is 7.86. The Morgan fingerprint density at radius 3 is 2.44 bits per heavy atom. The summed E-state index contributed by atoms with van der Waals surface area (Å²) in [7, 11) is 0. The molecule has 0 fully saturated rings. The van der Waals surface area contributed by atoms with Crippen LogP contribution in [0.1, 0.15) is 44.0 Å². The van der Waals surface area contributed by atoms with E-state index in [4.69, 9.17) is 5.73 Å². The first-order chi connectivity index (χ1) is 11.5. The maximum Gasteiger partial charge on any atom is 0.407 e. The fourth-order valence-corrected chi connectivity index (χ4v) is 2.32. The van der Waals surface area contributed by atoms with Crippen LogP contribution in [-0.4, -0.2) is 45.6 Å². The average molecular weight is 352 g/mol. The first kappa shape index (κ1) is 20.2. The predicted octanol–water partition coefficient (Wildman–Crippen LogP) is 2.66. The van der Waals surface area contributed by atoms with Gasteiger partial charge in [-0.3, -0.25) is 14.9 Å². The number of amides is 2. The molecular weight excluding hydrogens is 328 g/mol. The maximum atomic E-state index is 11.2. The van der Waals surface area contributed by atoms with Gasteiger partial charge in [-0.05, 0) is 45.7 Å². The average Bonchev–Trinajstić information content (AvgIpc) is 2.48. The third-order valence-corrected chi connectivity index (χ3v) is 3.64. The van der Waals surface area contributed by atoms with Crippen LogP contribution in [0.15, 0.2) is 18.2 Å². The van der Waals surface area contributed by atoms with Crippen molar-refractivity contribution in [3.05, 3.63) is 33.9 Å². The van der Waals surface area contributed by atoms with Crippen LogP contribution >= 0.6 is 0 Å². The number of nitrogens with zero attached hydrogens (tertiary/aromatic N) is 2. The number of hydrogen-bond donors (Lipinski definition) is 3. The molecule has 9 heteroatoms. The number of hydrogen-bond acceptors (Lipinski definition) is 5. The number of nitro benzene ring substituents is 1. The second-order valence-electron chi connectivity index (χ2n) is 6.59. The molecule has 0 saturated heterocycles. The maximum absolute atomic E-state index is 11.2. The summed E-state index contributed by atoms with van der Waals surface area (Å²) in [4.78, 5) is 34.2. The Bertz CT molecular complexity index is 654. The Labute approximate surface area is 146 Å². The van der Waals surface area contributed by atoms with Crippen molar-refractivity contribution in [2.45, 2.75) is 39.2 Å². The molecule has 0 saturated carbocycles. The molecular formula is C16H24N4O5. The standard InChI is InChI=1S/C16H24N4O5/c1-16(2,3)19(15(22)23)9-5-4-8-18-12-7-6-11(14(17)21)10-13(12)20(24)25/h6-7,10,18H,4-5,8-9H2,1-3H3,(H2,17,21)(H,22,23). The molecule has 0 aliphatic heterocycles. The lowest BCUT2D eigenvalue weighted by molar-refractivity contribution is -0.384. The van der Waals surface area contributed by atoms with Crippen molar-refractivity contribution in [2.75, 3.05) is 18.4 Å². The van der Waals surface area contributed by atoms with Gasteiger partial charge >= 0.3 is 6.09 Å². The van der Waals surface area contributed by atoms with E-state index in [0.717, 1.165) is 6.07 Å². The number of carboxylic acid groups (broad SMARTS) is 1. The van der Waals surface area contributed by atoms with E-state index in [-0.39, 0.29) is 11.3 Å². The molecule has 25 heavy (non-hydrogen) atoms. The summed E-state index contributed by atoms with van der Waals surface area (Å²) in [5.41, 5.74) is 4.78. The third kappa shape index (κ3) is 5.94. The summed E-state index contributed by atoms with van der Waals surface area (Å²) in [6, 6.07) is 4.00. The molecule has 0 radical (unpaired) electrons. The van der Waals surface area contributed by atoms with E-state index in [1.54, 1.807) is 0 Å². The number of nitrogens with two attached hydrogens (primary N) is 1. The van der Waals surface area contributed by atoms with Crippen LogP contribution in [0.3, 0.4) is 0 Å². The van der Waals surface area contributed by atoms with Gasteiger partial charge < -0.3 is 21.1 Å². The number of nitrogens with one attached hydrogen (secondary N) is 1. The van der Waals surface area contributed by atoms with Crippen molar-refractivity contribution in [1.82, 2.24) is 4.90 Å². The van der Waals surface area contributed by atoms with Crippen LogP contribution in [0.5, 0.6) is 0 Å². The van der Waals surface area contributed by atoms with Crippen molar-refractivity contribution >= 4 is 23.4 Å². The van der Waals surface area contributed by atoms with E-state index in [0.29, 0.717) is 31.6 Å². The van der Waals surface area contributed by atoms with Crippen LogP contribution < -0.4 is 11.1 Å². The van der Waals surface area contributed by atoms with E-state index in [9.17, 15) is 24.8 Å². The summed E-state index contributed by atoms with van der Waals surface area (Å²) >= 11 is 0. The molecule has 4 N–H and O–H groups in total. The summed E-state index contributed by atoms with van der Waals surface area (Å²) in [6.45, 7) is 6.28. The highest BCUT2D eigenvalue weighted by atomic mass is 16.6. The van der Waals surface area contributed by atoms with E-state index in [2.05, 4.69) is 5.32 Å². The van der Waals surface area contributed by atoms with Gasteiger partial charge in [0.25, 0.3) is 5.69 Å². The SMILES string of the molecule is CC(C)(C)N(CCCCNc1ccc(C(N)=O)cc1[N+](=O)[O-])C(=O)O. The van der Waals surface area contributed by atoms with Crippen molar-refractivity contribution in [1.29, 1.82) is 0 Å². The molecule has 2 amide bonds. The Balaban J connectivity index is 2.60. The van der Waals surface area contributed by atoms with Crippen LogP contribution in [0, 0.1) is 10.1 Å². The number of nitro groups is 1. The molecule has 0 bridgehead atoms. The highest BCUT2D eigenvalue weighted by Gasteiger charge is 2.25. The smallest absolute Gasteiger partial charge is 0.407 e.